The molecule has 0 radical (unpaired) electrons. The van der Waals surface area contributed by atoms with E-state index >= 15 is 0 Å². The van der Waals surface area contributed by atoms with Crippen LogP contribution >= 0.6 is 0 Å². The van der Waals surface area contributed by atoms with Gasteiger partial charge in [0.05, 0.1) is 0 Å². The van der Waals surface area contributed by atoms with Gasteiger partial charge < -0.3 is 4.55 Å². The molecule has 186 valence electrons. The molecule has 0 aromatic rings. The summed E-state index contributed by atoms with van der Waals surface area (Å²) < 4.78 is 33.3. The largest absolute Gasteiger partial charge is 0.747 e. The Morgan fingerprint density at radius 3 is 1.94 bits per heavy atom. The second-order valence-electron chi connectivity index (χ2n) is 10.8. The summed E-state index contributed by atoms with van der Waals surface area (Å²) in [5.74, 6) is 3.89. The van der Waals surface area contributed by atoms with Crippen LogP contribution in [-0.2, 0) is 30.6 Å². The topological polar surface area (TPSA) is 91.3 Å². The van der Waals surface area contributed by atoms with Crippen molar-refractivity contribution in [1.29, 1.82) is 0 Å². The fraction of sp³-hybridized carbons (Fsp3) is 0.920. The van der Waals surface area contributed by atoms with Gasteiger partial charge in [0.15, 0.2) is 17.3 Å². The summed E-state index contributed by atoms with van der Waals surface area (Å²) >= 11 is 0. The van der Waals surface area contributed by atoms with Crippen molar-refractivity contribution < 1.29 is 22.6 Å². The van der Waals surface area contributed by atoms with E-state index in [2.05, 4.69) is 13.8 Å². The maximum absolute atomic E-state index is 12.2. The van der Waals surface area contributed by atoms with Crippen LogP contribution in [0, 0.1) is 22.7 Å². The zero-order valence-corrected chi connectivity index (χ0v) is 22.4. The maximum Gasteiger partial charge on any atom is 0.184 e. The van der Waals surface area contributed by atoms with Gasteiger partial charge in [-0.05, 0) is 60.8 Å². The molecule has 0 heterocycles. The maximum atomic E-state index is 12.2. The number of hydrogen-bond donors (Lipinski definition) is 0. The van der Waals surface area contributed by atoms with Crippen molar-refractivity contribution in [3.8, 4) is 0 Å². The molecule has 0 aliphatic heterocycles. The number of rotatable bonds is 10. The van der Waals surface area contributed by atoms with E-state index in [1.807, 2.05) is 13.8 Å². The van der Waals surface area contributed by atoms with Gasteiger partial charge in [0.1, 0.15) is 26.9 Å². The van der Waals surface area contributed by atoms with Gasteiger partial charge >= 0.3 is 0 Å². The van der Waals surface area contributed by atoms with Crippen LogP contribution < -0.4 is 0 Å². The summed E-state index contributed by atoms with van der Waals surface area (Å²) in [4.78, 5) is 24.2. The second-order valence-corrected chi connectivity index (χ2v) is 14.6. The van der Waals surface area contributed by atoms with Crippen LogP contribution in [0.3, 0.4) is 0 Å². The first-order valence-electron chi connectivity index (χ1n) is 12.6. The van der Waals surface area contributed by atoms with Crippen LogP contribution in [0.1, 0.15) is 98.8 Å². The number of carbonyl (C=O) groups is 2. The van der Waals surface area contributed by atoms with Gasteiger partial charge in [-0.15, -0.1) is 0 Å². The highest BCUT2D eigenvalue weighted by Gasteiger charge is 2.67. The monoisotopic (exact) mass is 488 g/mol. The Hall–Kier alpha value is -0.400. The zero-order valence-electron chi connectivity index (χ0n) is 20.8. The fourth-order valence-corrected chi connectivity index (χ4v) is 9.77. The molecule has 0 amide bonds. The number of carbonyl (C=O) groups excluding carboxylic acids is 2. The Kier molecular flexibility index (Phi) is 9.88. The van der Waals surface area contributed by atoms with E-state index in [0.29, 0.717) is 35.4 Å². The van der Waals surface area contributed by atoms with E-state index in [4.69, 9.17) is 0 Å². The number of Topliss-reactive ketones (excluding diaryl/α,β-unsaturated/α-hetero) is 2. The molecule has 3 saturated carbocycles. The number of unbranched alkanes of at least 4 members (excludes halogenated alkanes) is 2. The Morgan fingerprint density at radius 1 is 1.03 bits per heavy atom. The van der Waals surface area contributed by atoms with E-state index in [-0.39, 0.29) is 17.1 Å². The number of ketones is 2. The van der Waals surface area contributed by atoms with Crippen LogP contribution in [0.5, 0.6) is 0 Å². The summed E-state index contributed by atoms with van der Waals surface area (Å²) in [6.45, 7) is 10.1. The summed E-state index contributed by atoms with van der Waals surface area (Å²) in [5.41, 5.74) is -0.994. The average Bonchev–Trinajstić information content (AvgIpc) is 3.36. The fourth-order valence-electron chi connectivity index (χ4n) is 5.85. The van der Waals surface area contributed by atoms with Crippen molar-refractivity contribution in [2.45, 2.75) is 104 Å². The molecule has 3 atom stereocenters. The highest BCUT2D eigenvalue weighted by atomic mass is 32.2. The molecule has 0 aromatic heterocycles. The quantitative estimate of drug-likeness (QED) is 0.322. The third-order valence-corrected chi connectivity index (χ3v) is 12.1. The lowest BCUT2D eigenvalue weighted by atomic mass is 9.70. The molecule has 0 spiro atoms. The molecule has 2 bridgehead atoms. The van der Waals surface area contributed by atoms with Crippen LogP contribution in [0.4, 0.5) is 0 Å². The van der Waals surface area contributed by atoms with Crippen molar-refractivity contribution in [2.75, 3.05) is 17.3 Å². The Morgan fingerprint density at radius 2 is 1.56 bits per heavy atom. The minimum atomic E-state index is -4.49. The molecule has 7 heteroatoms. The van der Waals surface area contributed by atoms with E-state index in [1.54, 1.807) is 6.92 Å². The Bertz CT molecular complexity index is 746. The number of hydrogen-bond acceptors (Lipinski definition) is 5. The molecule has 32 heavy (non-hydrogen) atoms. The van der Waals surface area contributed by atoms with Gasteiger partial charge in [0.25, 0.3) is 0 Å². The Labute approximate surface area is 199 Å². The minimum absolute atomic E-state index is 0.294. The highest BCUT2D eigenvalue weighted by molar-refractivity contribution is 7.97. The first-order chi connectivity index (χ1) is 14.9. The van der Waals surface area contributed by atoms with E-state index in [0.717, 1.165) is 5.75 Å². The molecule has 3 unspecified atom stereocenters. The minimum Gasteiger partial charge on any atom is -0.747 e. The molecular formula is C25H44O5S2. The molecule has 0 saturated heterocycles. The van der Waals surface area contributed by atoms with E-state index in [9.17, 15) is 22.6 Å². The van der Waals surface area contributed by atoms with Crippen LogP contribution in [0.2, 0.25) is 0 Å². The van der Waals surface area contributed by atoms with Gasteiger partial charge in [-0.25, -0.2) is 8.42 Å². The zero-order chi connectivity index (χ0) is 24.2. The summed E-state index contributed by atoms with van der Waals surface area (Å²) in [5, 5.41) is -1.30. The molecular weight excluding hydrogens is 444 g/mol. The lowest BCUT2D eigenvalue weighted by Gasteiger charge is -2.32. The van der Waals surface area contributed by atoms with E-state index < -0.39 is 20.8 Å². The van der Waals surface area contributed by atoms with Crippen LogP contribution in [-0.4, -0.2) is 47.0 Å². The second kappa shape index (κ2) is 11.4. The van der Waals surface area contributed by atoms with Crippen LogP contribution in [0.15, 0.2) is 0 Å². The average molecular weight is 489 g/mol. The van der Waals surface area contributed by atoms with Crippen molar-refractivity contribution in [1.82, 2.24) is 0 Å². The standard InChI is InChI=1S/C15H29OS.C10H16O4S/c1-3-5-11-17(12-6-4-2)13-15(16)14-9-7-8-10-14;1-9(2)6-4-5-10(9,3)8(11)7(6)15(12,13)14/h14H,3-13H2,1-2H3;6-7H,4-5H2,1-3H3,(H,12,13,14)/q+1;/p-1. The lowest BCUT2D eigenvalue weighted by Crippen LogP contribution is -2.38. The first kappa shape index (κ1) is 27.8. The molecule has 3 aliphatic carbocycles. The summed E-state index contributed by atoms with van der Waals surface area (Å²) in [7, 11) is -4.09. The van der Waals surface area contributed by atoms with Gasteiger partial charge in [-0.1, -0.05) is 60.3 Å². The van der Waals surface area contributed by atoms with Gasteiger partial charge in [-0.3, -0.25) is 9.59 Å². The third-order valence-electron chi connectivity index (χ3n) is 8.51. The molecule has 5 nitrogen and oxygen atoms in total. The first-order valence-corrected chi connectivity index (χ1v) is 15.8. The van der Waals surface area contributed by atoms with Crippen molar-refractivity contribution in [3.63, 3.8) is 0 Å². The predicted octanol–water partition coefficient (Wildman–Crippen LogP) is 4.89. The normalized spacial score (nSPS) is 29.4. The molecule has 0 aromatic carbocycles. The molecule has 0 N–H and O–H groups in total. The SMILES string of the molecule is CC12CCC(C(S(=O)(=O)[O-])C1=O)C2(C)C.CCCC[S+](CCCC)CC(=O)C1CCCC1. The van der Waals surface area contributed by atoms with Crippen molar-refractivity contribution in [3.05, 3.63) is 0 Å². The lowest BCUT2D eigenvalue weighted by molar-refractivity contribution is -0.128. The third kappa shape index (κ3) is 5.99. The van der Waals surface area contributed by atoms with Gasteiger partial charge in [0, 0.05) is 11.3 Å². The predicted molar refractivity (Wildman–Crippen MR) is 132 cm³/mol. The molecule has 3 aliphatic rings. The van der Waals surface area contributed by atoms with Crippen LogP contribution in [0.25, 0.3) is 0 Å². The Balaban J connectivity index is 0.000000228. The van der Waals surface area contributed by atoms with Gasteiger partial charge in [-0.2, -0.15) is 0 Å². The van der Waals surface area contributed by atoms with Gasteiger partial charge in [0.2, 0.25) is 0 Å². The summed E-state index contributed by atoms with van der Waals surface area (Å²) in [6, 6.07) is 0. The smallest absolute Gasteiger partial charge is 0.184 e. The summed E-state index contributed by atoms with van der Waals surface area (Å²) in [6.07, 6.45) is 11.5. The van der Waals surface area contributed by atoms with E-state index in [1.165, 1.54) is 62.9 Å². The van der Waals surface area contributed by atoms with Crippen molar-refractivity contribution in [2.24, 2.45) is 22.7 Å². The molecule has 3 fully saturated rings. The highest BCUT2D eigenvalue weighted by Crippen LogP contribution is 2.64. The number of fused-ring (bicyclic) bond motifs is 2. The van der Waals surface area contributed by atoms with Crippen molar-refractivity contribution >= 4 is 32.6 Å². The molecule has 3 rings (SSSR count).